The Morgan fingerprint density at radius 1 is 0.968 bits per heavy atom. The molecule has 170 valence electrons. The van der Waals surface area contributed by atoms with Crippen LogP contribution in [0.3, 0.4) is 0 Å². The van der Waals surface area contributed by atoms with Gasteiger partial charge in [-0.25, -0.2) is 0 Å². The van der Waals surface area contributed by atoms with E-state index in [9.17, 15) is 14.7 Å². The van der Waals surface area contributed by atoms with E-state index in [0.717, 1.165) is 0 Å². The van der Waals surface area contributed by atoms with Gasteiger partial charge < -0.3 is 39.4 Å². The van der Waals surface area contributed by atoms with Gasteiger partial charge in [0.25, 0.3) is 5.91 Å². The number of aromatic hydroxyl groups is 1. The second-order valence-corrected chi connectivity index (χ2v) is 8.83. The van der Waals surface area contributed by atoms with Gasteiger partial charge in [-0.05, 0) is 46.8 Å². The number of carbonyl (C=O) groups excluding carboxylic acids is 2. The third-order valence-corrected chi connectivity index (χ3v) is 5.33. The quantitative estimate of drug-likeness (QED) is 0.602. The first-order valence-corrected chi connectivity index (χ1v) is 10.2. The molecule has 0 aromatic heterocycles. The van der Waals surface area contributed by atoms with Gasteiger partial charge in [0.2, 0.25) is 5.91 Å². The zero-order chi connectivity index (χ0) is 22.6. The van der Waals surface area contributed by atoms with Crippen LogP contribution >= 0.6 is 0 Å². The minimum Gasteiger partial charge on any atom is -0.506 e. The van der Waals surface area contributed by atoms with Gasteiger partial charge in [-0.1, -0.05) is 12.1 Å². The van der Waals surface area contributed by atoms with Crippen LogP contribution in [0.4, 0.5) is 5.69 Å². The molecule has 0 aliphatic carbocycles. The highest BCUT2D eigenvalue weighted by Crippen LogP contribution is 2.44. The summed E-state index contributed by atoms with van der Waals surface area (Å²) in [5.41, 5.74) is 0.249. The molecule has 0 spiro atoms. The summed E-state index contributed by atoms with van der Waals surface area (Å²) in [7, 11) is 0. The van der Waals surface area contributed by atoms with Gasteiger partial charge in [0.05, 0.1) is 5.69 Å². The molecule has 3 N–H and O–H groups in total. The van der Waals surface area contributed by atoms with Crippen LogP contribution in [0.25, 0.3) is 0 Å². The number of phenols is 1. The maximum atomic E-state index is 13.0. The predicted octanol–water partition coefficient (Wildman–Crippen LogP) is 1.23. The predicted molar refractivity (Wildman–Crippen MR) is 107 cm³/mol. The van der Waals surface area contributed by atoms with E-state index in [-0.39, 0.29) is 11.4 Å². The summed E-state index contributed by atoms with van der Waals surface area (Å²) >= 11 is 0. The van der Waals surface area contributed by atoms with E-state index in [1.165, 1.54) is 13.0 Å². The molecule has 4 rings (SSSR count). The lowest BCUT2D eigenvalue weighted by Crippen LogP contribution is -2.60. The zero-order valence-corrected chi connectivity index (χ0v) is 18.1. The van der Waals surface area contributed by atoms with Crippen LogP contribution in [0, 0.1) is 0 Å². The summed E-state index contributed by atoms with van der Waals surface area (Å²) in [5.74, 6) is -2.94. The maximum absolute atomic E-state index is 13.0. The van der Waals surface area contributed by atoms with E-state index in [2.05, 4.69) is 10.6 Å². The van der Waals surface area contributed by atoms with Crippen LogP contribution in [-0.4, -0.2) is 65.2 Å². The van der Waals surface area contributed by atoms with E-state index in [1.54, 1.807) is 45.9 Å². The zero-order valence-electron chi connectivity index (χ0n) is 18.1. The van der Waals surface area contributed by atoms with Crippen molar-refractivity contribution in [2.45, 2.75) is 82.9 Å². The van der Waals surface area contributed by atoms with Crippen LogP contribution < -0.4 is 10.6 Å². The van der Waals surface area contributed by atoms with Gasteiger partial charge in [-0.3, -0.25) is 9.59 Å². The van der Waals surface area contributed by atoms with E-state index in [1.807, 2.05) is 0 Å². The highest BCUT2D eigenvalue weighted by molar-refractivity contribution is 5.98. The van der Waals surface area contributed by atoms with Crippen molar-refractivity contribution in [2.24, 2.45) is 0 Å². The molecule has 3 aliphatic heterocycles. The number of carbonyl (C=O) groups is 2. The van der Waals surface area contributed by atoms with Crippen molar-refractivity contribution in [3.05, 3.63) is 24.3 Å². The Kier molecular flexibility index (Phi) is 5.47. The lowest BCUT2D eigenvalue weighted by atomic mass is 9.98. The Balaban J connectivity index is 1.46. The maximum Gasteiger partial charge on any atom is 0.252 e. The van der Waals surface area contributed by atoms with Crippen molar-refractivity contribution < 1.29 is 38.4 Å². The lowest BCUT2D eigenvalue weighted by molar-refractivity contribution is -0.231. The summed E-state index contributed by atoms with van der Waals surface area (Å²) in [6.45, 7) is 8.54. The molecule has 1 aromatic rings. The van der Waals surface area contributed by atoms with Crippen molar-refractivity contribution in [2.75, 3.05) is 5.32 Å². The molecule has 10 heteroatoms. The largest absolute Gasteiger partial charge is 0.506 e. The summed E-state index contributed by atoms with van der Waals surface area (Å²) in [4.78, 5) is 25.5. The number of amides is 2. The number of ether oxygens (including phenoxy) is 5. The fourth-order valence-corrected chi connectivity index (χ4v) is 4.00. The Morgan fingerprint density at radius 2 is 1.58 bits per heavy atom. The van der Waals surface area contributed by atoms with Crippen molar-refractivity contribution in [1.29, 1.82) is 0 Å². The Bertz CT molecular complexity index is 873. The minimum absolute atomic E-state index is 0.0707. The smallest absolute Gasteiger partial charge is 0.252 e. The standard InChI is InChI=1S/C21H28N2O8/c1-10(17(25)23-11-8-6-7-9-12(11)24)22-18(26)15-13-14(29-20(2,3)28-13)16-19(27-15)31-21(4,5)30-16/h6-10,13-16,19,24H,1-5H3,(H,22,26)(H,23,25)/t10-,13-,14+,15-,16-,19-/m1/s1. The van der Waals surface area contributed by atoms with E-state index in [0.29, 0.717) is 0 Å². The molecule has 1 aromatic carbocycles. The molecule has 0 unspecified atom stereocenters. The molecule has 6 atom stereocenters. The molecule has 3 fully saturated rings. The molecular weight excluding hydrogens is 408 g/mol. The van der Waals surface area contributed by atoms with Crippen molar-refractivity contribution in [3.63, 3.8) is 0 Å². The van der Waals surface area contributed by atoms with Gasteiger partial charge in [0, 0.05) is 0 Å². The first kappa shape index (κ1) is 22.0. The van der Waals surface area contributed by atoms with Crippen LogP contribution in [0.5, 0.6) is 5.75 Å². The second-order valence-electron chi connectivity index (χ2n) is 8.83. The molecule has 0 radical (unpaired) electrons. The average molecular weight is 436 g/mol. The Morgan fingerprint density at radius 3 is 2.29 bits per heavy atom. The number of para-hydroxylation sites is 2. The number of rotatable bonds is 4. The molecule has 3 aliphatic rings. The van der Waals surface area contributed by atoms with Crippen LogP contribution in [0.1, 0.15) is 34.6 Å². The van der Waals surface area contributed by atoms with Crippen LogP contribution in [0.15, 0.2) is 24.3 Å². The minimum atomic E-state index is -1.06. The highest BCUT2D eigenvalue weighted by Gasteiger charge is 2.62. The molecule has 31 heavy (non-hydrogen) atoms. The number of nitrogens with one attached hydrogen (secondary N) is 2. The summed E-state index contributed by atoms with van der Waals surface area (Å²) in [6.07, 6.45) is -3.73. The van der Waals surface area contributed by atoms with Gasteiger partial charge in [-0.2, -0.15) is 0 Å². The van der Waals surface area contributed by atoms with E-state index >= 15 is 0 Å². The number of fused-ring (bicyclic) bond motifs is 3. The van der Waals surface area contributed by atoms with Crippen molar-refractivity contribution >= 4 is 17.5 Å². The Labute approximate surface area is 180 Å². The number of hydrogen-bond acceptors (Lipinski definition) is 8. The Hall–Kier alpha value is -2.24. The van der Waals surface area contributed by atoms with Crippen LogP contribution in [0.2, 0.25) is 0 Å². The van der Waals surface area contributed by atoms with Gasteiger partial charge in [-0.15, -0.1) is 0 Å². The number of anilines is 1. The second kappa shape index (κ2) is 7.72. The number of hydrogen-bond donors (Lipinski definition) is 3. The fraction of sp³-hybridized carbons (Fsp3) is 0.619. The number of benzene rings is 1. The van der Waals surface area contributed by atoms with Gasteiger partial charge >= 0.3 is 0 Å². The molecule has 2 amide bonds. The fourth-order valence-electron chi connectivity index (χ4n) is 4.00. The van der Waals surface area contributed by atoms with Gasteiger partial charge in [0.1, 0.15) is 30.1 Å². The molecule has 10 nitrogen and oxygen atoms in total. The van der Waals surface area contributed by atoms with Crippen molar-refractivity contribution in [1.82, 2.24) is 5.32 Å². The molecular formula is C21H28N2O8. The monoisotopic (exact) mass is 436 g/mol. The highest BCUT2D eigenvalue weighted by atomic mass is 16.9. The summed E-state index contributed by atoms with van der Waals surface area (Å²) in [6, 6.07) is 5.42. The van der Waals surface area contributed by atoms with Crippen molar-refractivity contribution in [3.8, 4) is 5.75 Å². The van der Waals surface area contributed by atoms with E-state index in [4.69, 9.17) is 23.7 Å². The first-order valence-electron chi connectivity index (χ1n) is 10.2. The average Bonchev–Trinajstić information content (AvgIpc) is 3.16. The molecule has 0 saturated carbocycles. The normalized spacial score (nSPS) is 33.8. The lowest BCUT2D eigenvalue weighted by Gasteiger charge is -2.36. The summed E-state index contributed by atoms with van der Waals surface area (Å²) in [5, 5.41) is 15.1. The van der Waals surface area contributed by atoms with E-state index < -0.39 is 60.1 Å². The van der Waals surface area contributed by atoms with Crippen LogP contribution in [-0.2, 0) is 33.3 Å². The molecule has 0 bridgehead atoms. The third-order valence-electron chi connectivity index (χ3n) is 5.33. The molecule has 3 heterocycles. The topological polar surface area (TPSA) is 125 Å². The number of phenolic OH excluding ortho intramolecular Hbond substituents is 1. The summed E-state index contributed by atoms with van der Waals surface area (Å²) < 4.78 is 29.5. The van der Waals surface area contributed by atoms with Gasteiger partial charge in [0.15, 0.2) is 24.0 Å². The SMILES string of the molecule is C[C@@H](NC(=O)[C@@H]1O[C@@H]2OC(C)(C)O[C@@H]2[C@H]2OC(C)(C)O[C@H]21)C(=O)Nc1ccccc1O. The first-order chi connectivity index (χ1) is 14.5. The molecule has 3 saturated heterocycles. The third kappa shape index (κ3) is 4.39.